The van der Waals surface area contributed by atoms with Crippen molar-refractivity contribution in [3.8, 4) is 0 Å². The van der Waals surface area contributed by atoms with Gasteiger partial charge >= 0.3 is 17.4 Å². The van der Waals surface area contributed by atoms with Crippen molar-refractivity contribution in [2.75, 3.05) is 0 Å². The van der Waals surface area contributed by atoms with E-state index in [0.29, 0.717) is 3.46 Å². The summed E-state index contributed by atoms with van der Waals surface area (Å²) in [6.07, 6.45) is 0. The maximum absolute atomic E-state index is 4.64. The molecule has 0 aliphatic rings. The number of hydrogen-bond donors (Lipinski definition) is 0. The second-order valence-corrected chi connectivity index (χ2v) is 1.72. The molecule has 1 radical (unpaired) electrons. The van der Waals surface area contributed by atoms with Crippen LogP contribution in [-0.2, 0) is 17.4 Å². The molecule has 0 aliphatic carbocycles. The Bertz CT molecular complexity index is 20.5. The molecule has 61 valence electrons. The summed E-state index contributed by atoms with van der Waals surface area (Å²) in [7, 11) is 0. The molecule has 0 rings (SSSR count). The van der Waals surface area contributed by atoms with Crippen LogP contribution in [0.15, 0.2) is 0 Å². The zero-order valence-corrected chi connectivity index (χ0v) is 12.6. The van der Waals surface area contributed by atoms with Gasteiger partial charge in [-0.05, 0) is 3.46 Å². The maximum atomic E-state index is 4.64. The van der Waals surface area contributed by atoms with Gasteiger partial charge in [-0.1, -0.05) is 0 Å². The molecule has 0 saturated heterocycles. The van der Waals surface area contributed by atoms with Crippen LogP contribution in [-0.4, -0.2) is 3.46 Å². The molecule has 0 aromatic rings. The summed E-state index contributed by atoms with van der Waals surface area (Å²) < 4.78 is 0.417. The molecule has 0 bridgehead atoms. The van der Waals surface area contributed by atoms with Crippen molar-refractivity contribution in [3.63, 3.8) is 0 Å². The van der Waals surface area contributed by atoms with E-state index in [0.717, 1.165) is 0 Å². The molecular formula is HBr3Cl4CrN. The Morgan fingerprint density at radius 1 is 0.778 bits per heavy atom. The van der Waals surface area contributed by atoms with Gasteiger partial charge in [0.2, 0.25) is 0 Å². The molecule has 0 aliphatic heterocycles. The third-order valence-electron chi connectivity index (χ3n) is 0. The number of nitrogens with zero attached hydrogens (tertiary/aromatic N) is 1. The first-order chi connectivity index (χ1) is 1.73. The van der Waals surface area contributed by atoms with Gasteiger partial charge in [-0.15, -0.1) is 12.4 Å². The van der Waals surface area contributed by atoms with Crippen molar-refractivity contribution < 1.29 is 68.3 Å². The smallest absolute Gasteiger partial charge is 1.00 e. The van der Waals surface area contributed by atoms with E-state index in [1.165, 1.54) is 0 Å². The topological polar surface area (TPSA) is 3.24 Å². The van der Waals surface area contributed by atoms with Crippen molar-refractivity contribution in [1.82, 2.24) is 3.46 Å². The van der Waals surface area contributed by atoms with Gasteiger partial charge in [-0.2, -0.15) is 0 Å². The number of hydrogen-bond acceptors (Lipinski definition) is 1. The van der Waals surface area contributed by atoms with Crippen LogP contribution in [0, 0.1) is 0 Å². The summed E-state index contributed by atoms with van der Waals surface area (Å²) in [6.45, 7) is 0. The summed E-state index contributed by atoms with van der Waals surface area (Å²) in [5.41, 5.74) is 0. The molecule has 0 atom stereocenters. The first-order valence-electron chi connectivity index (χ1n) is 0.507. The molecule has 0 aromatic carbocycles. The third-order valence-corrected chi connectivity index (χ3v) is 0. The van der Waals surface area contributed by atoms with E-state index in [1.54, 1.807) is 0 Å². The second kappa shape index (κ2) is 30.4. The van der Waals surface area contributed by atoms with Crippen molar-refractivity contribution >= 4 is 47.7 Å². The summed E-state index contributed by atoms with van der Waals surface area (Å²) in [5.74, 6) is 0. The zero-order chi connectivity index (χ0) is 3.58. The van der Waals surface area contributed by atoms with Crippen molar-refractivity contribution in [1.29, 1.82) is 0 Å². The molecule has 0 amide bonds. The minimum Gasteiger partial charge on any atom is -1.00 e. The zero-order valence-electron chi connectivity index (χ0n) is 3.53. The minimum atomic E-state index is 0. The Hall–Kier alpha value is 3.09. The van der Waals surface area contributed by atoms with E-state index in [2.05, 4.69) is 35.3 Å². The van der Waals surface area contributed by atoms with Crippen LogP contribution < -0.4 is 50.9 Å². The van der Waals surface area contributed by atoms with E-state index >= 15 is 0 Å². The molecule has 0 fully saturated rings. The van der Waals surface area contributed by atoms with Crippen molar-refractivity contribution in [2.45, 2.75) is 0 Å². The SMILES string of the molecule is Cl.ClN(Cl)Cl.[Br-].[Br-].[Br-].[Cr+3]. The van der Waals surface area contributed by atoms with E-state index < -0.39 is 0 Å². The molecular weight excluding hydrogens is 448 g/mol. The Morgan fingerprint density at radius 2 is 0.778 bits per heavy atom. The first kappa shape index (κ1) is 40.1. The van der Waals surface area contributed by atoms with Crippen LogP contribution in [0.4, 0.5) is 0 Å². The third kappa shape index (κ3) is 95.9. The van der Waals surface area contributed by atoms with E-state index in [9.17, 15) is 0 Å². The Morgan fingerprint density at radius 3 is 0.778 bits per heavy atom. The molecule has 9 heavy (non-hydrogen) atoms. The van der Waals surface area contributed by atoms with Crippen LogP contribution >= 0.6 is 47.7 Å². The molecule has 0 aromatic heterocycles. The van der Waals surface area contributed by atoms with E-state index in [-0.39, 0.29) is 80.7 Å². The summed E-state index contributed by atoms with van der Waals surface area (Å²) in [4.78, 5) is 0. The van der Waals surface area contributed by atoms with Crippen LogP contribution in [0.2, 0.25) is 0 Å². The molecule has 0 spiro atoms. The van der Waals surface area contributed by atoms with Gasteiger partial charge in [0.1, 0.15) is 0 Å². The standard InChI is InChI=1S/3BrH.Cl3N.ClH.Cr/c;;;1-4(2)3;;/h3*1H;;1H;/q;;;;;+3/p-3. The van der Waals surface area contributed by atoms with Gasteiger partial charge in [0.15, 0.2) is 0 Å². The maximum Gasteiger partial charge on any atom is 3.00 e. The van der Waals surface area contributed by atoms with Crippen LogP contribution in [0.1, 0.15) is 0 Å². The fourth-order valence-corrected chi connectivity index (χ4v) is 0. The van der Waals surface area contributed by atoms with Crippen LogP contribution in [0.3, 0.4) is 0 Å². The Kier molecular flexibility index (Phi) is 136. The average molecular weight is 449 g/mol. The molecule has 9 heteroatoms. The monoisotopic (exact) mass is 444 g/mol. The van der Waals surface area contributed by atoms with Gasteiger partial charge in [0, 0.05) is 35.3 Å². The number of rotatable bonds is 0. The van der Waals surface area contributed by atoms with Crippen LogP contribution in [0.25, 0.3) is 0 Å². The minimum absolute atomic E-state index is 0. The van der Waals surface area contributed by atoms with E-state index in [1.807, 2.05) is 0 Å². The summed E-state index contributed by atoms with van der Waals surface area (Å²) in [6, 6.07) is 0. The predicted octanol–water partition coefficient (Wildman–Crippen LogP) is -6.82. The molecule has 0 saturated carbocycles. The van der Waals surface area contributed by atoms with Gasteiger partial charge < -0.3 is 50.9 Å². The molecule has 0 N–H and O–H groups in total. The second-order valence-electron chi connectivity index (χ2n) is 0.192. The van der Waals surface area contributed by atoms with Crippen molar-refractivity contribution in [3.05, 3.63) is 0 Å². The van der Waals surface area contributed by atoms with Gasteiger partial charge in [-0.3, -0.25) is 0 Å². The molecule has 0 unspecified atom stereocenters. The average Bonchev–Trinajstić information content (AvgIpc) is 0.811. The van der Waals surface area contributed by atoms with Gasteiger partial charge in [0.05, 0.1) is 0 Å². The summed E-state index contributed by atoms with van der Waals surface area (Å²) in [5, 5.41) is 0. The van der Waals surface area contributed by atoms with Gasteiger partial charge in [-0.25, -0.2) is 0 Å². The fraction of sp³-hybridized carbons (Fsp3) is 0. The fourth-order valence-electron chi connectivity index (χ4n) is 0. The number of halogens is 7. The first-order valence-corrected chi connectivity index (χ1v) is 1.52. The normalized spacial score (nSPS) is 4.00. The predicted molar refractivity (Wildman–Crippen MR) is 26.6 cm³/mol. The van der Waals surface area contributed by atoms with Crippen molar-refractivity contribution in [2.24, 2.45) is 0 Å². The van der Waals surface area contributed by atoms with Crippen LogP contribution in [0.5, 0.6) is 0 Å². The molecule has 0 heterocycles. The summed E-state index contributed by atoms with van der Waals surface area (Å²) >= 11 is 13.9. The largest absolute Gasteiger partial charge is 3.00 e. The van der Waals surface area contributed by atoms with Gasteiger partial charge in [0.25, 0.3) is 0 Å². The quantitative estimate of drug-likeness (QED) is 0.333. The molecule has 1 nitrogen and oxygen atoms in total. The Labute approximate surface area is 118 Å². The van der Waals surface area contributed by atoms with E-state index in [4.69, 9.17) is 0 Å². The Balaban J connectivity index is -0.00000000450.